The second-order valence-corrected chi connectivity index (χ2v) is 10.9. The summed E-state index contributed by atoms with van der Waals surface area (Å²) in [6.45, 7) is 22.7. The van der Waals surface area contributed by atoms with Gasteiger partial charge >= 0.3 is 0 Å². The van der Waals surface area contributed by atoms with E-state index in [0.29, 0.717) is 0 Å². The van der Waals surface area contributed by atoms with Crippen LogP contribution in [0.15, 0.2) is 78.8 Å². The van der Waals surface area contributed by atoms with Gasteiger partial charge in [0.1, 0.15) is 0 Å². The number of pyridine rings is 1. The second kappa shape index (κ2) is 18.6. The minimum Gasteiger partial charge on any atom is -0.382 e. The van der Waals surface area contributed by atoms with Gasteiger partial charge in [-0.2, -0.15) is 0 Å². The van der Waals surface area contributed by atoms with Gasteiger partial charge in [-0.1, -0.05) is 57.7 Å². The van der Waals surface area contributed by atoms with E-state index in [9.17, 15) is 4.79 Å². The number of aromatic nitrogens is 1. The number of amides is 1. The molecule has 0 spiro atoms. The van der Waals surface area contributed by atoms with Gasteiger partial charge in [0.25, 0.3) is 0 Å². The van der Waals surface area contributed by atoms with E-state index in [-0.39, 0.29) is 6.04 Å². The Morgan fingerprint density at radius 3 is 2.35 bits per heavy atom. The maximum absolute atomic E-state index is 10.2. The van der Waals surface area contributed by atoms with Crippen LogP contribution in [0.25, 0.3) is 6.08 Å². The molecule has 0 radical (unpaired) electrons. The van der Waals surface area contributed by atoms with Crippen molar-refractivity contribution in [1.29, 1.82) is 0 Å². The molecule has 2 aromatic carbocycles. The number of anilines is 2. The highest BCUT2D eigenvalue weighted by atomic mass is 16.1. The van der Waals surface area contributed by atoms with E-state index in [4.69, 9.17) is 5.73 Å². The third kappa shape index (κ3) is 11.0. The number of nitrogens with two attached hydrogens (primary N) is 1. The molecule has 232 valence electrons. The van der Waals surface area contributed by atoms with Crippen molar-refractivity contribution in [1.82, 2.24) is 9.88 Å². The van der Waals surface area contributed by atoms with Crippen LogP contribution in [0, 0.1) is 20.8 Å². The van der Waals surface area contributed by atoms with E-state index in [0.717, 1.165) is 57.5 Å². The summed E-state index contributed by atoms with van der Waals surface area (Å²) in [5.41, 5.74) is 16.8. The molecule has 1 aromatic heterocycles. The van der Waals surface area contributed by atoms with Gasteiger partial charge in [-0.25, -0.2) is 0 Å². The Kier molecular flexibility index (Phi) is 15.3. The first-order valence-corrected chi connectivity index (χ1v) is 15.6. The number of benzene rings is 2. The predicted molar refractivity (Wildman–Crippen MR) is 186 cm³/mol. The van der Waals surface area contributed by atoms with Crippen LogP contribution in [0.4, 0.5) is 11.4 Å². The number of hydrogen-bond donors (Lipinski definition) is 2. The normalized spacial score (nSPS) is 15.6. The summed E-state index contributed by atoms with van der Waals surface area (Å²) in [7, 11) is 0. The zero-order valence-electron chi connectivity index (χ0n) is 27.5. The smallest absolute Gasteiger partial charge is 0.209 e. The molecule has 6 heteroatoms. The Morgan fingerprint density at radius 2 is 1.77 bits per heavy atom. The summed E-state index contributed by atoms with van der Waals surface area (Å²) in [5.74, 6) is 0. The van der Waals surface area contributed by atoms with Gasteiger partial charge in [0.15, 0.2) is 0 Å². The molecule has 1 unspecified atom stereocenters. The molecule has 1 saturated heterocycles. The van der Waals surface area contributed by atoms with Crippen LogP contribution < -0.4 is 16.0 Å². The Hall–Kier alpha value is -3.90. The van der Waals surface area contributed by atoms with Crippen LogP contribution in [0.3, 0.4) is 0 Å². The molecule has 0 bridgehead atoms. The number of carbonyl (C=O) groups is 1. The number of allylic oxidation sites excluding steroid dienone is 1. The zero-order chi connectivity index (χ0) is 31.8. The lowest BCUT2D eigenvalue weighted by atomic mass is 10.0. The number of piperidine rings is 1. The van der Waals surface area contributed by atoms with Gasteiger partial charge in [0, 0.05) is 50.3 Å². The molecule has 3 N–H and O–H groups in total. The fourth-order valence-electron chi connectivity index (χ4n) is 5.17. The van der Waals surface area contributed by atoms with E-state index in [1.54, 1.807) is 4.90 Å². The van der Waals surface area contributed by atoms with Crippen LogP contribution in [0.5, 0.6) is 0 Å². The van der Waals surface area contributed by atoms with Gasteiger partial charge in [-0.3, -0.25) is 9.78 Å². The fourth-order valence-corrected chi connectivity index (χ4v) is 5.17. The highest BCUT2D eigenvalue weighted by molar-refractivity contribution is 5.80. The first-order chi connectivity index (χ1) is 20.7. The summed E-state index contributed by atoms with van der Waals surface area (Å²) in [6, 6.07) is 17.2. The van der Waals surface area contributed by atoms with E-state index in [1.807, 2.05) is 38.4 Å². The molecular weight excluding hydrogens is 530 g/mol. The molecule has 3 heterocycles. The van der Waals surface area contributed by atoms with Gasteiger partial charge in [0.2, 0.25) is 6.41 Å². The number of rotatable bonds is 5. The van der Waals surface area contributed by atoms with Crippen molar-refractivity contribution < 1.29 is 4.79 Å². The average molecular weight is 584 g/mol. The van der Waals surface area contributed by atoms with Crippen molar-refractivity contribution in [3.05, 3.63) is 107 Å². The van der Waals surface area contributed by atoms with Crippen molar-refractivity contribution >= 4 is 23.9 Å². The molecule has 43 heavy (non-hydrogen) atoms. The monoisotopic (exact) mass is 583 g/mol. The van der Waals surface area contributed by atoms with Gasteiger partial charge < -0.3 is 20.9 Å². The molecule has 1 atom stereocenters. The van der Waals surface area contributed by atoms with Crippen molar-refractivity contribution in [2.75, 3.05) is 36.4 Å². The Bertz CT molecular complexity index is 1320. The van der Waals surface area contributed by atoms with Crippen molar-refractivity contribution in [2.45, 2.75) is 73.8 Å². The number of likely N-dealkylation sites (tertiary alicyclic amines) is 1. The van der Waals surface area contributed by atoms with Crippen molar-refractivity contribution in [2.24, 2.45) is 5.73 Å². The zero-order valence-corrected chi connectivity index (χ0v) is 27.5. The third-order valence-corrected chi connectivity index (χ3v) is 7.50. The minimum atomic E-state index is 0.212. The molecular formula is C37H53N5O. The van der Waals surface area contributed by atoms with Crippen molar-refractivity contribution in [3.63, 3.8) is 0 Å². The van der Waals surface area contributed by atoms with E-state index in [2.05, 4.69) is 98.9 Å². The number of nitrogens with one attached hydrogen (secondary N) is 1. The lowest BCUT2D eigenvalue weighted by Crippen LogP contribution is -2.41. The van der Waals surface area contributed by atoms with Gasteiger partial charge in [-0.05, 0) is 105 Å². The minimum absolute atomic E-state index is 0.212. The van der Waals surface area contributed by atoms with Crippen LogP contribution in [-0.2, 0) is 11.2 Å². The molecule has 0 saturated carbocycles. The predicted octanol–water partition coefficient (Wildman–Crippen LogP) is 7.70. The van der Waals surface area contributed by atoms with E-state index >= 15 is 0 Å². The van der Waals surface area contributed by atoms with E-state index < -0.39 is 0 Å². The Morgan fingerprint density at radius 1 is 1.07 bits per heavy atom. The summed E-state index contributed by atoms with van der Waals surface area (Å²) in [5, 5.41) is 3.52. The Balaban J connectivity index is 0.000000277. The number of nitrogens with zero attached hydrogens (tertiary/aromatic N) is 3. The largest absolute Gasteiger partial charge is 0.382 e. The second-order valence-electron chi connectivity index (χ2n) is 10.9. The lowest BCUT2D eigenvalue weighted by Gasteiger charge is -2.35. The highest BCUT2D eigenvalue weighted by Crippen LogP contribution is 2.37. The number of carbonyl (C=O) groups excluding carboxylic acids is 1. The fraction of sp³-hybridized carbons (Fsp3) is 0.405. The standard InChI is InChI=1S/C22H26N2.C7H9N.C6H12N2O.C2H6/c1-15-12-18(4)22-21(13-15)23-10-11-24(22)19(5)17(3)14-20-9-7-6-8-16(20)2;1-2-7-3-5-8-6-4-7;7-6-2-1-3-8(4-6)5-9;1-2/h6-9,12-14,23H,5,10-11H2,1-4H3;3-6H,2H2,1H3;5-6H,1-4,7H2;1-2H3/b17-14+;;;. The number of aryl methyl sites for hydroxylation is 4. The molecule has 1 amide bonds. The topological polar surface area (TPSA) is 74.5 Å². The number of hydrogen-bond acceptors (Lipinski definition) is 5. The molecule has 2 aliphatic rings. The summed E-state index contributed by atoms with van der Waals surface area (Å²) >= 11 is 0. The maximum Gasteiger partial charge on any atom is 0.209 e. The maximum atomic E-state index is 10.2. The van der Waals surface area contributed by atoms with Gasteiger partial charge in [0.05, 0.1) is 11.4 Å². The first kappa shape index (κ1) is 35.3. The molecule has 1 fully saturated rings. The SMILES string of the molecule is C=C(/C(C)=C/c1ccccc1C)N1CCNc2cc(C)cc(C)c21.CC.CCc1ccncc1.NC1CCCN(C=O)C1. The number of fused-ring (bicyclic) bond motifs is 1. The Labute approximate surface area is 260 Å². The summed E-state index contributed by atoms with van der Waals surface area (Å²) < 4.78 is 0. The molecule has 2 aliphatic heterocycles. The molecule has 0 aliphatic carbocycles. The molecule has 3 aromatic rings. The van der Waals surface area contributed by atoms with Crippen LogP contribution in [0.1, 0.15) is 68.4 Å². The highest BCUT2D eigenvalue weighted by Gasteiger charge is 2.22. The summed E-state index contributed by atoms with van der Waals surface area (Å²) in [6.07, 6.45) is 9.96. The quantitative estimate of drug-likeness (QED) is 0.238. The molecule has 6 nitrogen and oxygen atoms in total. The van der Waals surface area contributed by atoms with Gasteiger partial charge in [-0.15, -0.1) is 0 Å². The molecule has 5 rings (SSSR count). The lowest BCUT2D eigenvalue weighted by molar-refractivity contribution is -0.119. The van der Waals surface area contributed by atoms with Crippen molar-refractivity contribution in [3.8, 4) is 0 Å². The van der Waals surface area contributed by atoms with Crippen LogP contribution >= 0.6 is 0 Å². The average Bonchev–Trinajstić information content (AvgIpc) is 3.03. The summed E-state index contributed by atoms with van der Waals surface area (Å²) in [4.78, 5) is 18.2. The first-order valence-electron chi connectivity index (χ1n) is 15.6. The van der Waals surface area contributed by atoms with E-state index in [1.165, 1.54) is 44.8 Å². The van der Waals surface area contributed by atoms with Crippen LogP contribution in [-0.4, -0.2) is 48.5 Å². The third-order valence-electron chi connectivity index (χ3n) is 7.50. The van der Waals surface area contributed by atoms with Crippen LogP contribution in [0.2, 0.25) is 0 Å².